The highest BCUT2D eigenvalue weighted by atomic mass is 35.5. The molecule has 0 radical (unpaired) electrons. The summed E-state index contributed by atoms with van der Waals surface area (Å²) in [4.78, 5) is 11.7. The number of nitrogens with zero attached hydrogens (tertiary/aromatic N) is 3. The highest BCUT2D eigenvalue weighted by Crippen LogP contribution is 2.17. The van der Waals surface area contributed by atoms with Crippen LogP contribution in [-0.2, 0) is 0 Å². The summed E-state index contributed by atoms with van der Waals surface area (Å²) >= 11 is 11.4. The van der Waals surface area contributed by atoms with Crippen LogP contribution in [0.3, 0.4) is 0 Å². The number of hydrogen-bond acceptors (Lipinski definition) is 3. The summed E-state index contributed by atoms with van der Waals surface area (Å²) in [5.74, 6) is 0.543. The zero-order valence-electron chi connectivity index (χ0n) is 6.98. The van der Waals surface area contributed by atoms with Gasteiger partial charge in [0.05, 0.1) is 0 Å². The molecule has 3 nitrogen and oxygen atoms in total. The minimum atomic E-state index is 0.185. The molecule has 0 aliphatic carbocycles. The summed E-state index contributed by atoms with van der Waals surface area (Å²) in [6.45, 7) is 0. The summed E-state index contributed by atoms with van der Waals surface area (Å²) in [7, 11) is 0. The van der Waals surface area contributed by atoms with Crippen molar-refractivity contribution in [3.63, 3.8) is 0 Å². The van der Waals surface area contributed by atoms with Gasteiger partial charge in [0.2, 0.25) is 5.28 Å². The van der Waals surface area contributed by atoms with Gasteiger partial charge in [0.15, 0.2) is 5.82 Å². The minimum Gasteiger partial charge on any atom is -0.216 e. The fourth-order valence-corrected chi connectivity index (χ4v) is 1.26. The van der Waals surface area contributed by atoms with Crippen molar-refractivity contribution in [2.75, 3.05) is 0 Å². The molecule has 2 rings (SSSR count). The lowest BCUT2D eigenvalue weighted by atomic mass is 10.2. The Bertz CT molecular complexity index is 442. The normalized spacial score (nSPS) is 10.1. The quantitative estimate of drug-likeness (QED) is 0.750. The van der Waals surface area contributed by atoms with E-state index < -0.39 is 0 Å². The van der Waals surface area contributed by atoms with Gasteiger partial charge in [-0.25, -0.2) is 9.97 Å². The first kappa shape index (κ1) is 9.37. The highest BCUT2D eigenvalue weighted by Gasteiger charge is 2.01. The molecule has 0 bridgehead atoms. The molecule has 1 heterocycles. The molecule has 14 heavy (non-hydrogen) atoms. The van der Waals surface area contributed by atoms with E-state index in [9.17, 15) is 0 Å². The average Bonchev–Trinajstić information content (AvgIpc) is 2.19. The van der Waals surface area contributed by atoms with E-state index in [2.05, 4.69) is 15.0 Å². The van der Waals surface area contributed by atoms with Crippen LogP contribution in [-0.4, -0.2) is 15.0 Å². The second-order valence-corrected chi connectivity index (χ2v) is 3.36. The molecule has 0 atom stereocenters. The first-order valence-corrected chi connectivity index (χ1v) is 4.62. The van der Waals surface area contributed by atoms with E-state index in [1.807, 2.05) is 12.1 Å². The van der Waals surface area contributed by atoms with Gasteiger partial charge in [-0.05, 0) is 35.9 Å². The largest absolute Gasteiger partial charge is 0.225 e. The van der Waals surface area contributed by atoms with Gasteiger partial charge in [0.1, 0.15) is 6.33 Å². The SMILES string of the molecule is Clc1ccc(-c2ncnc(Cl)n2)cc1. The smallest absolute Gasteiger partial charge is 0.216 e. The van der Waals surface area contributed by atoms with Crippen LogP contribution in [0.1, 0.15) is 0 Å². The van der Waals surface area contributed by atoms with E-state index in [4.69, 9.17) is 23.2 Å². The zero-order valence-corrected chi connectivity index (χ0v) is 8.50. The Morgan fingerprint density at radius 1 is 0.929 bits per heavy atom. The van der Waals surface area contributed by atoms with Crippen LogP contribution in [0.4, 0.5) is 0 Å². The van der Waals surface area contributed by atoms with Crippen LogP contribution in [0, 0.1) is 0 Å². The number of benzene rings is 1. The molecular formula is C9H5Cl2N3. The zero-order chi connectivity index (χ0) is 9.97. The molecule has 0 spiro atoms. The van der Waals surface area contributed by atoms with Crippen LogP contribution in [0.2, 0.25) is 10.3 Å². The predicted octanol–water partition coefficient (Wildman–Crippen LogP) is 2.85. The van der Waals surface area contributed by atoms with Crippen molar-refractivity contribution in [1.29, 1.82) is 0 Å². The molecule has 0 saturated carbocycles. The van der Waals surface area contributed by atoms with Crippen LogP contribution in [0.15, 0.2) is 30.6 Å². The lowest BCUT2D eigenvalue weighted by molar-refractivity contribution is 1.06. The maximum Gasteiger partial charge on any atom is 0.225 e. The Morgan fingerprint density at radius 3 is 2.29 bits per heavy atom. The van der Waals surface area contributed by atoms with Gasteiger partial charge in [0, 0.05) is 10.6 Å². The summed E-state index contributed by atoms with van der Waals surface area (Å²) in [5, 5.41) is 0.860. The lowest BCUT2D eigenvalue weighted by Crippen LogP contribution is -1.90. The molecule has 5 heteroatoms. The summed E-state index contributed by atoms with van der Waals surface area (Å²) in [5.41, 5.74) is 0.860. The van der Waals surface area contributed by atoms with Crippen molar-refractivity contribution >= 4 is 23.2 Å². The monoisotopic (exact) mass is 225 g/mol. The minimum absolute atomic E-state index is 0.185. The maximum atomic E-state index is 5.75. The fourth-order valence-electron chi connectivity index (χ4n) is 1.01. The molecule has 0 aliphatic rings. The first-order chi connectivity index (χ1) is 6.75. The van der Waals surface area contributed by atoms with Gasteiger partial charge in [0.25, 0.3) is 0 Å². The number of halogens is 2. The van der Waals surface area contributed by atoms with E-state index in [1.54, 1.807) is 12.1 Å². The van der Waals surface area contributed by atoms with E-state index >= 15 is 0 Å². The van der Waals surface area contributed by atoms with Crippen LogP contribution < -0.4 is 0 Å². The van der Waals surface area contributed by atoms with Crippen molar-refractivity contribution < 1.29 is 0 Å². The molecule has 1 aromatic carbocycles. The molecule has 2 aromatic rings. The molecule has 0 saturated heterocycles. The molecule has 0 unspecified atom stereocenters. The third-order valence-corrected chi connectivity index (χ3v) is 2.08. The predicted molar refractivity (Wildman–Crippen MR) is 55.3 cm³/mol. The van der Waals surface area contributed by atoms with Crippen molar-refractivity contribution in [2.24, 2.45) is 0 Å². The molecular weight excluding hydrogens is 221 g/mol. The Labute approximate surface area is 90.8 Å². The van der Waals surface area contributed by atoms with Crippen molar-refractivity contribution in [3.8, 4) is 11.4 Å². The fraction of sp³-hybridized carbons (Fsp3) is 0. The second-order valence-electron chi connectivity index (χ2n) is 2.59. The van der Waals surface area contributed by atoms with Crippen LogP contribution >= 0.6 is 23.2 Å². The van der Waals surface area contributed by atoms with E-state index in [1.165, 1.54) is 6.33 Å². The molecule has 0 aliphatic heterocycles. The number of rotatable bonds is 1. The average molecular weight is 226 g/mol. The highest BCUT2D eigenvalue weighted by molar-refractivity contribution is 6.30. The van der Waals surface area contributed by atoms with Gasteiger partial charge < -0.3 is 0 Å². The van der Waals surface area contributed by atoms with E-state index in [0.717, 1.165) is 5.56 Å². The number of hydrogen-bond donors (Lipinski definition) is 0. The summed E-state index contributed by atoms with van der Waals surface area (Å²) in [6, 6.07) is 7.20. The maximum absolute atomic E-state index is 5.75. The lowest BCUT2D eigenvalue weighted by Gasteiger charge is -1.98. The van der Waals surface area contributed by atoms with Crippen molar-refractivity contribution in [3.05, 3.63) is 40.9 Å². The Balaban J connectivity index is 2.44. The summed E-state index contributed by atoms with van der Waals surface area (Å²) in [6.07, 6.45) is 1.37. The van der Waals surface area contributed by atoms with Gasteiger partial charge in [-0.3, -0.25) is 0 Å². The number of aromatic nitrogens is 3. The van der Waals surface area contributed by atoms with Crippen molar-refractivity contribution in [1.82, 2.24) is 15.0 Å². The summed E-state index contributed by atoms with van der Waals surface area (Å²) < 4.78 is 0. The van der Waals surface area contributed by atoms with Gasteiger partial charge in [-0.1, -0.05) is 11.6 Å². The topological polar surface area (TPSA) is 38.7 Å². The van der Waals surface area contributed by atoms with Gasteiger partial charge in [-0.15, -0.1) is 0 Å². The third-order valence-electron chi connectivity index (χ3n) is 1.64. The van der Waals surface area contributed by atoms with Gasteiger partial charge in [-0.2, -0.15) is 4.98 Å². The van der Waals surface area contributed by atoms with E-state index in [0.29, 0.717) is 10.8 Å². The van der Waals surface area contributed by atoms with E-state index in [-0.39, 0.29) is 5.28 Å². The Kier molecular flexibility index (Phi) is 2.61. The Morgan fingerprint density at radius 2 is 1.64 bits per heavy atom. The third kappa shape index (κ3) is 2.00. The Hall–Kier alpha value is -1.19. The standard InChI is InChI=1S/C9H5Cl2N3/c10-7-3-1-6(2-4-7)8-12-5-13-9(11)14-8/h1-5H. The van der Waals surface area contributed by atoms with Crippen LogP contribution in [0.25, 0.3) is 11.4 Å². The van der Waals surface area contributed by atoms with Gasteiger partial charge >= 0.3 is 0 Å². The molecule has 0 amide bonds. The molecule has 1 aromatic heterocycles. The molecule has 0 fully saturated rings. The first-order valence-electron chi connectivity index (χ1n) is 3.86. The van der Waals surface area contributed by atoms with Crippen LogP contribution in [0.5, 0.6) is 0 Å². The molecule has 70 valence electrons. The molecule has 0 N–H and O–H groups in total. The second kappa shape index (κ2) is 3.90. The van der Waals surface area contributed by atoms with Crippen molar-refractivity contribution in [2.45, 2.75) is 0 Å².